The van der Waals surface area contributed by atoms with Gasteiger partial charge in [0, 0.05) is 25.9 Å². The molecule has 5 nitrogen and oxygen atoms in total. The van der Waals surface area contributed by atoms with Crippen molar-refractivity contribution in [1.82, 2.24) is 10.6 Å². The predicted octanol–water partition coefficient (Wildman–Crippen LogP) is -0.212. The van der Waals surface area contributed by atoms with Crippen LogP contribution in [-0.4, -0.2) is 35.6 Å². The Hall–Kier alpha value is -1.10. The number of aliphatic hydroxyl groups excluding tert-OH is 1. The van der Waals surface area contributed by atoms with Crippen LogP contribution in [0.1, 0.15) is 33.6 Å². The molecule has 0 saturated heterocycles. The highest BCUT2D eigenvalue weighted by atomic mass is 16.3. The Morgan fingerprint density at radius 1 is 1.33 bits per heavy atom. The third-order valence-corrected chi connectivity index (χ3v) is 1.83. The van der Waals surface area contributed by atoms with E-state index >= 15 is 0 Å². The molecule has 0 aromatic rings. The fourth-order valence-electron chi connectivity index (χ4n) is 1.27. The van der Waals surface area contributed by atoms with Gasteiger partial charge < -0.3 is 15.7 Å². The molecule has 0 aliphatic carbocycles. The number of amides is 2. The van der Waals surface area contributed by atoms with Crippen LogP contribution in [0.25, 0.3) is 0 Å². The Kier molecular flexibility index (Phi) is 6.70. The van der Waals surface area contributed by atoms with Crippen molar-refractivity contribution in [3.05, 3.63) is 0 Å². The summed E-state index contributed by atoms with van der Waals surface area (Å²) in [4.78, 5) is 21.8. The number of carbonyl (C=O) groups is 2. The molecule has 3 N–H and O–H groups in total. The molecule has 15 heavy (non-hydrogen) atoms. The van der Waals surface area contributed by atoms with E-state index in [2.05, 4.69) is 10.6 Å². The van der Waals surface area contributed by atoms with Gasteiger partial charge in [-0.25, -0.2) is 0 Å². The maximum absolute atomic E-state index is 11.3. The second kappa shape index (κ2) is 7.23. The maximum atomic E-state index is 11.3. The average Bonchev–Trinajstić information content (AvgIpc) is 2.00. The van der Waals surface area contributed by atoms with Crippen molar-refractivity contribution < 1.29 is 14.7 Å². The summed E-state index contributed by atoms with van der Waals surface area (Å²) in [6.07, 6.45) is 0.380. The zero-order valence-electron chi connectivity index (χ0n) is 9.54. The van der Waals surface area contributed by atoms with E-state index in [9.17, 15) is 9.59 Å². The molecule has 0 aliphatic heterocycles. The van der Waals surface area contributed by atoms with Gasteiger partial charge in [-0.2, -0.15) is 0 Å². The minimum atomic E-state index is -0.421. The molecule has 0 fully saturated rings. The molecule has 0 saturated carbocycles. The third-order valence-electron chi connectivity index (χ3n) is 1.83. The van der Waals surface area contributed by atoms with Crippen LogP contribution in [0.4, 0.5) is 0 Å². The molecule has 0 spiro atoms. The Morgan fingerprint density at radius 3 is 2.40 bits per heavy atom. The van der Waals surface area contributed by atoms with Crippen LogP contribution >= 0.6 is 0 Å². The van der Waals surface area contributed by atoms with Crippen LogP contribution in [0.2, 0.25) is 0 Å². The topological polar surface area (TPSA) is 78.4 Å². The van der Waals surface area contributed by atoms with Gasteiger partial charge in [0.1, 0.15) is 0 Å². The lowest BCUT2D eigenvalue weighted by atomic mass is 10.1. The van der Waals surface area contributed by atoms with E-state index in [1.54, 1.807) is 6.92 Å². The minimum absolute atomic E-state index is 0.0465. The van der Waals surface area contributed by atoms with E-state index in [0.29, 0.717) is 13.0 Å². The van der Waals surface area contributed by atoms with Gasteiger partial charge in [0.05, 0.1) is 6.10 Å². The quantitative estimate of drug-likeness (QED) is 0.575. The average molecular weight is 216 g/mol. The van der Waals surface area contributed by atoms with Crippen molar-refractivity contribution >= 4 is 11.8 Å². The summed E-state index contributed by atoms with van der Waals surface area (Å²) in [5, 5.41) is 14.4. The Balaban J connectivity index is 3.60. The number of aliphatic hydroxyl groups is 1. The van der Waals surface area contributed by atoms with E-state index in [1.165, 1.54) is 6.92 Å². The van der Waals surface area contributed by atoms with Crippen molar-refractivity contribution in [3.8, 4) is 0 Å². The summed E-state index contributed by atoms with van der Waals surface area (Å²) in [5.74, 6) is -0.253. The second-order valence-corrected chi connectivity index (χ2v) is 3.79. The molecule has 5 heteroatoms. The smallest absolute Gasteiger partial charge is 0.221 e. The summed E-state index contributed by atoms with van der Waals surface area (Å²) < 4.78 is 0. The highest BCUT2D eigenvalue weighted by Crippen LogP contribution is 1.96. The van der Waals surface area contributed by atoms with E-state index in [-0.39, 0.29) is 24.3 Å². The first-order chi connectivity index (χ1) is 6.91. The predicted molar refractivity (Wildman–Crippen MR) is 57.2 cm³/mol. The maximum Gasteiger partial charge on any atom is 0.221 e. The molecule has 0 aliphatic rings. The summed E-state index contributed by atoms with van der Waals surface area (Å²) >= 11 is 0. The van der Waals surface area contributed by atoms with Gasteiger partial charge in [-0.3, -0.25) is 9.59 Å². The molecule has 0 aromatic carbocycles. The monoisotopic (exact) mass is 216 g/mol. The number of nitrogens with one attached hydrogen (secondary N) is 2. The fourth-order valence-corrected chi connectivity index (χ4v) is 1.27. The van der Waals surface area contributed by atoms with E-state index in [0.717, 1.165) is 0 Å². The SMILES string of the molecule is CC(=O)NCCC(=O)NC(C)CC(C)O. The van der Waals surface area contributed by atoms with Gasteiger partial charge >= 0.3 is 0 Å². The molecule has 0 bridgehead atoms. The van der Waals surface area contributed by atoms with E-state index in [1.807, 2.05) is 6.92 Å². The van der Waals surface area contributed by atoms with Crippen LogP contribution in [0.15, 0.2) is 0 Å². The second-order valence-electron chi connectivity index (χ2n) is 3.79. The van der Waals surface area contributed by atoms with Crippen LogP contribution < -0.4 is 10.6 Å². The van der Waals surface area contributed by atoms with Gasteiger partial charge in [0.25, 0.3) is 0 Å². The zero-order valence-corrected chi connectivity index (χ0v) is 9.54. The summed E-state index contributed by atoms with van der Waals surface area (Å²) in [5.41, 5.74) is 0. The van der Waals surface area contributed by atoms with Crippen molar-refractivity contribution in [2.75, 3.05) is 6.54 Å². The molecule has 0 radical (unpaired) electrons. The molecule has 0 rings (SSSR count). The van der Waals surface area contributed by atoms with Gasteiger partial charge in [-0.15, -0.1) is 0 Å². The number of rotatable bonds is 6. The molecule has 2 amide bonds. The van der Waals surface area contributed by atoms with Gasteiger partial charge in [0.15, 0.2) is 0 Å². The zero-order chi connectivity index (χ0) is 11.8. The van der Waals surface area contributed by atoms with Crippen LogP contribution in [-0.2, 0) is 9.59 Å². The first-order valence-electron chi connectivity index (χ1n) is 5.13. The molecule has 2 unspecified atom stereocenters. The van der Waals surface area contributed by atoms with E-state index < -0.39 is 6.10 Å². The van der Waals surface area contributed by atoms with Crippen molar-refractivity contribution in [2.45, 2.75) is 45.8 Å². The number of carbonyl (C=O) groups excluding carboxylic acids is 2. The highest BCUT2D eigenvalue weighted by molar-refractivity contribution is 5.78. The standard InChI is InChI=1S/C10H20N2O3/c1-7(6-8(2)13)12-10(15)4-5-11-9(3)14/h7-8,13H,4-6H2,1-3H3,(H,11,14)(H,12,15). The Morgan fingerprint density at radius 2 is 1.93 bits per heavy atom. The lowest BCUT2D eigenvalue weighted by Gasteiger charge is -2.15. The normalized spacial score (nSPS) is 14.1. The first kappa shape index (κ1) is 13.9. The number of hydrogen-bond donors (Lipinski definition) is 3. The first-order valence-corrected chi connectivity index (χ1v) is 5.13. The van der Waals surface area contributed by atoms with Gasteiger partial charge in [-0.1, -0.05) is 0 Å². The number of hydrogen-bond acceptors (Lipinski definition) is 3. The van der Waals surface area contributed by atoms with Gasteiger partial charge in [0.2, 0.25) is 11.8 Å². The Bertz CT molecular complexity index is 217. The highest BCUT2D eigenvalue weighted by Gasteiger charge is 2.09. The molecular formula is C10H20N2O3. The van der Waals surface area contributed by atoms with Crippen LogP contribution in [0, 0.1) is 0 Å². The van der Waals surface area contributed by atoms with Crippen LogP contribution in [0.5, 0.6) is 0 Å². The van der Waals surface area contributed by atoms with Crippen molar-refractivity contribution in [3.63, 3.8) is 0 Å². The molecule has 88 valence electrons. The molecule has 2 atom stereocenters. The Labute approximate surface area is 90.2 Å². The van der Waals surface area contributed by atoms with E-state index in [4.69, 9.17) is 5.11 Å². The molecule has 0 aromatic heterocycles. The summed E-state index contributed by atoms with van der Waals surface area (Å²) in [6, 6.07) is -0.0465. The summed E-state index contributed by atoms with van der Waals surface area (Å²) in [7, 11) is 0. The molecule has 0 heterocycles. The largest absolute Gasteiger partial charge is 0.393 e. The van der Waals surface area contributed by atoms with Gasteiger partial charge in [-0.05, 0) is 20.3 Å². The fraction of sp³-hybridized carbons (Fsp3) is 0.800. The van der Waals surface area contributed by atoms with Crippen molar-refractivity contribution in [1.29, 1.82) is 0 Å². The summed E-state index contributed by atoms with van der Waals surface area (Å²) in [6.45, 7) is 5.28. The van der Waals surface area contributed by atoms with Crippen molar-refractivity contribution in [2.24, 2.45) is 0 Å². The lowest BCUT2D eigenvalue weighted by molar-refractivity contribution is -0.122. The van der Waals surface area contributed by atoms with Crippen LogP contribution in [0.3, 0.4) is 0 Å². The lowest BCUT2D eigenvalue weighted by Crippen LogP contribution is -2.36. The minimum Gasteiger partial charge on any atom is -0.393 e. The third kappa shape index (κ3) is 9.21. The molecular weight excluding hydrogens is 196 g/mol.